The number of hydrogen-bond donors (Lipinski definition) is 0. The lowest BCUT2D eigenvalue weighted by molar-refractivity contribution is -0.118. The molecule has 1 rings (SSSR count). The molecular formula is C12H14F2O3S. The minimum absolute atomic E-state index is 0.000838. The highest BCUT2D eigenvalue weighted by Gasteiger charge is 2.13. The minimum atomic E-state index is -3.11. The molecule has 0 aliphatic rings. The standard InChI is InChI=1S/C12H14F2O3S/c1-18(16,17)7-3-4-9(15)8-10-11(13)5-2-6-12(10)14/h2,5-6H,3-4,7-8H2,1H3. The number of benzene rings is 1. The van der Waals surface area contributed by atoms with Crippen molar-refractivity contribution in [1.29, 1.82) is 0 Å². The van der Waals surface area contributed by atoms with E-state index in [-0.39, 0.29) is 36.4 Å². The fraction of sp³-hybridized carbons (Fsp3) is 0.417. The summed E-state index contributed by atoms with van der Waals surface area (Å²) in [5.41, 5.74) is -0.262. The van der Waals surface area contributed by atoms with E-state index in [1.807, 2.05) is 0 Å². The van der Waals surface area contributed by atoms with Gasteiger partial charge in [0, 0.05) is 24.7 Å². The zero-order valence-corrected chi connectivity index (χ0v) is 10.8. The largest absolute Gasteiger partial charge is 0.299 e. The number of sulfone groups is 1. The molecule has 0 saturated carbocycles. The lowest BCUT2D eigenvalue weighted by atomic mass is 10.1. The molecule has 0 amide bonds. The van der Waals surface area contributed by atoms with Gasteiger partial charge in [-0.3, -0.25) is 4.79 Å². The van der Waals surface area contributed by atoms with Crippen LogP contribution in [0, 0.1) is 11.6 Å². The molecule has 6 heteroatoms. The first kappa shape index (κ1) is 14.8. The maximum Gasteiger partial charge on any atom is 0.147 e. The van der Waals surface area contributed by atoms with Crippen LogP contribution in [0.15, 0.2) is 18.2 Å². The SMILES string of the molecule is CS(=O)(=O)CCCC(=O)Cc1c(F)cccc1F. The Kier molecular flexibility index (Phi) is 4.95. The smallest absolute Gasteiger partial charge is 0.147 e. The van der Waals surface area contributed by atoms with E-state index in [9.17, 15) is 22.0 Å². The highest BCUT2D eigenvalue weighted by Crippen LogP contribution is 2.14. The van der Waals surface area contributed by atoms with Gasteiger partial charge in [-0.2, -0.15) is 0 Å². The highest BCUT2D eigenvalue weighted by atomic mass is 32.2. The van der Waals surface area contributed by atoms with Gasteiger partial charge in [0.15, 0.2) is 0 Å². The molecule has 0 heterocycles. The molecule has 18 heavy (non-hydrogen) atoms. The number of ketones is 1. The van der Waals surface area contributed by atoms with E-state index in [0.717, 1.165) is 18.4 Å². The zero-order chi connectivity index (χ0) is 13.8. The average Bonchev–Trinajstić information content (AvgIpc) is 2.22. The summed E-state index contributed by atoms with van der Waals surface area (Å²) < 4.78 is 48.2. The molecule has 100 valence electrons. The predicted octanol–water partition coefficient (Wildman–Crippen LogP) is 1.90. The number of Topliss-reactive ketones (excluding diaryl/α,β-unsaturated/α-hetero) is 1. The maximum atomic E-state index is 13.2. The molecule has 1 aromatic rings. The third-order valence-corrected chi connectivity index (χ3v) is 3.44. The first-order chi connectivity index (χ1) is 8.29. The predicted molar refractivity (Wildman–Crippen MR) is 64.0 cm³/mol. The van der Waals surface area contributed by atoms with Gasteiger partial charge in [-0.25, -0.2) is 17.2 Å². The van der Waals surface area contributed by atoms with Gasteiger partial charge >= 0.3 is 0 Å². The van der Waals surface area contributed by atoms with Gasteiger partial charge in [0.1, 0.15) is 27.3 Å². The summed E-state index contributed by atoms with van der Waals surface area (Å²) in [5, 5.41) is 0. The van der Waals surface area contributed by atoms with Crippen LogP contribution in [0.5, 0.6) is 0 Å². The van der Waals surface area contributed by atoms with Crippen LogP contribution in [-0.2, 0) is 21.1 Å². The molecule has 1 aromatic carbocycles. The summed E-state index contributed by atoms with van der Waals surface area (Å²) in [7, 11) is -3.11. The van der Waals surface area contributed by atoms with Crippen LogP contribution in [0.1, 0.15) is 18.4 Å². The van der Waals surface area contributed by atoms with E-state index in [1.165, 1.54) is 6.07 Å². The Bertz CT molecular complexity index is 518. The van der Waals surface area contributed by atoms with Gasteiger partial charge in [0.25, 0.3) is 0 Å². The van der Waals surface area contributed by atoms with Crippen LogP contribution >= 0.6 is 0 Å². The van der Waals surface area contributed by atoms with E-state index in [4.69, 9.17) is 0 Å². The molecule has 0 fully saturated rings. The Morgan fingerprint density at radius 3 is 2.28 bits per heavy atom. The third-order valence-electron chi connectivity index (χ3n) is 2.41. The zero-order valence-electron chi connectivity index (χ0n) is 9.95. The van der Waals surface area contributed by atoms with Crippen LogP contribution in [0.25, 0.3) is 0 Å². The number of hydrogen-bond acceptors (Lipinski definition) is 3. The van der Waals surface area contributed by atoms with Gasteiger partial charge in [-0.15, -0.1) is 0 Å². The lowest BCUT2D eigenvalue weighted by Crippen LogP contribution is -2.10. The number of carbonyl (C=O) groups is 1. The van der Waals surface area contributed by atoms with Crippen molar-refractivity contribution in [3.8, 4) is 0 Å². The topological polar surface area (TPSA) is 51.2 Å². The lowest BCUT2D eigenvalue weighted by Gasteiger charge is -2.04. The monoisotopic (exact) mass is 276 g/mol. The highest BCUT2D eigenvalue weighted by molar-refractivity contribution is 7.90. The number of rotatable bonds is 6. The Morgan fingerprint density at radius 1 is 1.22 bits per heavy atom. The van der Waals surface area contributed by atoms with Gasteiger partial charge in [0.05, 0.1) is 5.75 Å². The first-order valence-corrected chi connectivity index (χ1v) is 7.48. The van der Waals surface area contributed by atoms with Crippen molar-refractivity contribution in [3.63, 3.8) is 0 Å². The van der Waals surface area contributed by atoms with Crippen LogP contribution in [0.2, 0.25) is 0 Å². The van der Waals surface area contributed by atoms with Crippen molar-refractivity contribution in [3.05, 3.63) is 35.4 Å². The van der Waals surface area contributed by atoms with Crippen molar-refractivity contribution < 1.29 is 22.0 Å². The van der Waals surface area contributed by atoms with Gasteiger partial charge < -0.3 is 0 Å². The second-order valence-corrected chi connectivity index (χ2v) is 6.41. The second kappa shape index (κ2) is 6.04. The molecule has 0 atom stereocenters. The molecule has 0 N–H and O–H groups in total. The van der Waals surface area contributed by atoms with Crippen molar-refractivity contribution in [1.82, 2.24) is 0 Å². The molecule has 0 aliphatic carbocycles. The summed E-state index contributed by atoms with van der Waals surface area (Å²) in [5.74, 6) is -1.99. The van der Waals surface area contributed by atoms with Gasteiger partial charge in [-0.05, 0) is 18.6 Å². The van der Waals surface area contributed by atoms with Crippen molar-refractivity contribution >= 4 is 15.6 Å². The maximum absolute atomic E-state index is 13.2. The molecule has 0 spiro atoms. The van der Waals surface area contributed by atoms with Gasteiger partial charge in [-0.1, -0.05) is 6.07 Å². The van der Waals surface area contributed by atoms with E-state index >= 15 is 0 Å². The molecule has 0 saturated heterocycles. The summed E-state index contributed by atoms with van der Waals surface area (Å²) in [6.07, 6.45) is 0.908. The van der Waals surface area contributed by atoms with Crippen molar-refractivity contribution in [2.45, 2.75) is 19.3 Å². The van der Waals surface area contributed by atoms with Crippen molar-refractivity contribution in [2.24, 2.45) is 0 Å². The van der Waals surface area contributed by atoms with Crippen LogP contribution in [-0.4, -0.2) is 26.2 Å². The third kappa shape index (κ3) is 4.91. The van der Waals surface area contributed by atoms with E-state index in [2.05, 4.69) is 0 Å². The quantitative estimate of drug-likeness (QED) is 0.797. The second-order valence-electron chi connectivity index (χ2n) is 4.15. The first-order valence-electron chi connectivity index (χ1n) is 5.42. The number of halogens is 2. The summed E-state index contributed by atoms with van der Waals surface area (Å²) in [4.78, 5) is 11.5. The Hall–Kier alpha value is -1.30. The molecule has 0 radical (unpaired) electrons. The van der Waals surface area contributed by atoms with Crippen molar-refractivity contribution in [2.75, 3.05) is 12.0 Å². The van der Waals surface area contributed by atoms with Crippen LogP contribution in [0.3, 0.4) is 0 Å². The Labute approximate surface area is 105 Å². The summed E-state index contributed by atoms with van der Waals surface area (Å²) >= 11 is 0. The van der Waals surface area contributed by atoms with E-state index in [0.29, 0.717) is 0 Å². The molecule has 0 aromatic heterocycles. The number of carbonyl (C=O) groups excluding carboxylic acids is 1. The molecular weight excluding hydrogens is 262 g/mol. The molecule has 3 nitrogen and oxygen atoms in total. The fourth-order valence-corrected chi connectivity index (χ4v) is 2.19. The molecule has 0 aliphatic heterocycles. The van der Waals surface area contributed by atoms with E-state index < -0.39 is 21.5 Å². The summed E-state index contributed by atoms with van der Waals surface area (Å²) in [6, 6.07) is 3.40. The molecule has 0 unspecified atom stereocenters. The van der Waals surface area contributed by atoms with Crippen LogP contribution < -0.4 is 0 Å². The Morgan fingerprint density at radius 2 is 1.78 bits per heavy atom. The average molecular weight is 276 g/mol. The normalized spacial score (nSPS) is 11.5. The fourth-order valence-electron chi connectivity index (χ4n) is 1.52. The minimum Gasteiger partial charge on any atom is -0.299 e. The Balaban J connectivity index is 2.55. The van der Waals surface area contributed by atoms with E-state index in [1.54, 1.807) is 0 Å². The van der Waals surface area contributed by atoms with Crippen LogP contribution in [0.4, 0.5) is 8.78 Å². The summed E-state index contributed by atoms with van der Waals surface area (Å²) in [6.45, 7) is 0. The molecule has 0 bridgehead atoms. The van der Waals surface area contributed by atoms with Gasteiger partial charge in [0.2, 0.25) is 0 Å².